The fraction of sp³-hybridized carbons (Fsp3) is 0.435. The highest BCUT2D eigenvalue weighted by atomic mass is 35.5. The van der Waals surface area contributed by atoms with E-state index in [1.165, 1.54) is 11.3 Å². The number of rotatable bonds is 4. The number of hydrogen-bond donors (Lipinski definition) is 0. The number of benzene rings is 2. The van der Waals surface area contributed by atoms with Gasteiger partial charge < -0.3 is 19.3 Å². The van der Waals surface area contributed by atoms with Gasteiger partial charge in [0.1, 0.15) is 11.6 Å². The molecule has 29 heavy (non-hydrogen) atoms. The molecular formula is C23H27ClN2O3. The molecule has 0 N–H and O–H groups in total. The molecule has 2 atom stereocenters. The first-order valence-electron chi connectivity index (χ1n) is 10.1. The summed E-state index contributed by atoms with van der Waals surface area (Å²) in [6, 6.07) is 14.6. The van der Waals surface area contributed by atoms with Crippen LogP contribution in [0.15, 0.2) is 42.5 Å². The van der Waals surface area contributed by atoms with E-state index in [1.54, 1.807) is 7.11 Å². The van der Waals surface area contributed by atoms with Crippen molar-refractivity contribution in [3.05, 3.63) is 59.2 Å². The van der Waals surface area contributed by atoms with Gasteiger partial charge in [-0.2, -0.15) is 0 Å². The monoisotopic (exact) mass is 414 g/mol. The Labute approximate surface area is 177 Å². The third-order valence-corrected chi connectivity index (χ3v) is 6.13. The summed E-state index contributed by atoms with van der Waals surface area (Å²) in [6.07, 6.45) is 0.789. The quantitative estimate of drug-likeness (QED) is 0.716. The van der Waals surface area contributed by atoms with E-state index in [9.17, 15) is 4.79 Å². The molecule has 1 saturated heterocycles. The van der Waals surface area contributed by atoms with Crippen LogP contribution in [0.3, 0.4) is 0 Å². The molecule has 4 rings (SSSR count). The molecule has 0 spiro atoms. The zero-order valence-corrected chi connectivity index (χ0v) is 17.7. The summed E-state index contributed by atoms with van der Waals surface area (Å²) < 4.78 is 10.9. The van der Waals surface area contributed by atoms with Gasteiger partial charge in [-0.1, -0.05) is 18.2 Å². The average Bonchev–Trinajstić information content (AvgIpc) is 2.78. The van der Waals surface area contributed by atoms with Crippen molar-refractivity contribution in [1.82, 2.24) is 4.90 Å². The van der Waals surface area contributed by atoms with E-state index in [2.05, 4.69) is 48.2 Å². The van der Waals surface area contributed by atoms with Crippen LogP contribution in [0.5, 0.6) is 5.75 Å². The summed E-state index contributed by atoms with van der Waals surface area (Å²) in [4.78, 5) is 17.0. The van der Waals surface area contributed by atoms with Crippen LogP contribution < -0.4 is 9.64 Å². The highest BCUT2D eigenvalue weighted by Gasteiger charge is 2.36. The number of amides is 1. The van der Waals surface area contributed by atoms with Crippen molar-refractivity contribution in [2.24, 2.45) is 0 Å². The van der Waals surface area contributed by atoms with Crippen LogP contribution in [0.2, 0.25) is 0 Å². The van der Waals surface area contributed by atoms with Gasteiger partial charge in [-0.3, -0.25) is 4.79 Å². The predicted molar refractivity (Wildman–Crippen MR) is 115 cm³/mol. The van der Waals surface area contributed by atoms with E-state index in [-0.39, 0.29) is 23.9 Å². The molecule has 1 amide bonds. The fourth-order valence-corrected chi connectivity index (χ4v) is 4.60. The predicted octanol–water partition coefficient (Wildman–Crippen LogP) is 3.63. The number of halogens is 1. The Balaban J connectivity index is 1.72. The maximum atomic E-state index is 12.8. The SMILES string of the molecule is COc1ccc2c(c1)C[C@H](C)N(C(=O)CCl)[C@@H]2c1ccc(N2CCOCC2)cc1. The van der Waals surface area contributed by atoms with E-state index in [0.29, 0.717) is 0 Å². The number of carbonyl (C=O) groups is 1. The molecule has 0 radical (unpaired) electrons. The minimum Gasteiger partial charge on any atom is -0.497 e. The third kappa shape index (κ3) is 3.94. The van der Waals surface area contributed by atoms with Gasteiger partial charge in [0.2, 0.25) is 5.91 Å². The molecule has 6 heteroatoms. The Morgan fingerprint density at radius 2 is 1.90 bits per heavy atom. The number of ether oxygens (including phenoxy) is 2. The number of carbonyl (C=O) groups excluding carboxylic acids is 1. The summed E-state index contributed by atoms with van der Waals surface area (Å²) >= 11 is 5.98. The van der Waals surface area contributed by atoms with Gasteiger partial charge in [-0.15, -0.1) is 11.6 Å². The van der Waals surface area contributed by atoms with Crippen molar-refractivity contribution < 1.29 is 14.3 Å². The Bertz CT molecular complexity index is 865. The molecule has 2 aromatic carbocycles. The van der Waals surface area contributed by atoms with Crippen molar-refractivity contribution >= 4 is 23.2 Å². The van der Waals surface area contributed by atoms with Crippen LogP contribution in [0.1, 0.15) is 29.7 Å². The van der Waals surface area contributed by atoms with Crippen LogP contribution in [0.25, 0.3) is 0 Å². The molecule has 5 nitrogen and oxygen atoms in total. The number of morpholine rings is 1. The molecule has 0 saturated carbocycles. The Kier molecular flexibility index (Phi) is 5.97. The molecular weight excluding hydrogens is 388 g/mol. The summed E-state index contributed by atoms with van der Waals surface area (Å²) in [6.45, 7) is 5.41. The molecule has 1 fully saturated rings. The van der Waals surface area contributed by atoms with Crippen molar-refractivity contribution in [2.75, 3.05) is 44.2 Å². The van der Waals surface area contributed by atoms with Gasteiger partial charge in [-0.05, 0) is 54.3 Å². The minimum atomic E-state index is -0.148. The second kappa shape index (κ2) is 8.64. The average molecular weight is 415 g/mol. The van der Waals surface area contributed by atoms with Crippen molar-refractivity contribution in [2.45, 2.75) is 25.4 Å². The van der Waals surface area contributed by atoms with Gasteiger partial charge in [0.05, 0.1) is 26.4 Å². The largest absolute Gasteiger partial charge is 0.497 e. The lowest BCUT2D eigenvalue weighted by molar-refractivity contribution is -0.132. The van der Waals surface area contributed by atoms with Crippen LogP contribution in [-0.2, 0) is 16.0 Å². The lowest BCUT2D eigenvalue weighted by Crippen LogP contribution is -2.47. The molecule has 2 aliphatic heterocycles. The van der Waals surface area contributed by atoms with Gasteiger partial charge in [-0.25, -0.2) is 0 Å². The first kappa shape index (κ1) is 20.0. The Hall–Kier alpha value is -2.24. The first-order valence-corrected chi connectivity index (χ1v) is 10.6. The molecule has 2 heterocycles. The summed E-state index contributed by atoms with van der Waals surface area (Å²) in [5, 5.41) is 0. The highest BCUT2D eigenvalue weighted by Crippen LogP contribution is 2.40. The number of anilines is 1. The molecule has 2 aliphatic rings. The molecule has 2 aromatic rings. The van der Waals surface area contributed by atoms with Crippen LogP contribution in [0, 0.1) is 0 Å². The molecule has 154 valence electrons. The van der Waals surface area contributed by atoms with Crippen molar-refractivity contribution in [3.8, 4) is 5.75 Å². The zero-order valence-electron chi connectivity index (χ0n) is 16.9. The normalized spacial score (nSPS) is 21.6. The van der Waals surface area contributed by atoms with Crippen LogP contribution >= 0.6 is 11.6 Å². The number of alkyl halides is 1. The standard InChI is InChI=1S/C23H27ClN2O3/c1-16-13-18-14-20(28-2)7-8-21(18)23(26(16)22(27)15-24)17-3-5-19(6-4-17)25-9-11-29-12-10-25/h3-8,14,16,23H,9-13,15H2,1-2H3/t16-,23+/m0/s1. The van der Waals surface area contributed by atoms with E-state index in [1.807, 2.05) is 11.0 Å². The first-order chi connectivity index (χ1) is 14.1. The minimum absolute atomic E-state index is 0.0157. The van der Waals surface area contributed by atoms with Crippen LogP contribution in [-0.4, -0.2) is 56.1 Å². The maximum Gasteiger partial charge on any atom is 0.238 e. The van der Waals surface area contributed by atoms with Gasteiger partial charge in [0, 0.05) is 24.8 Å². The van der Waals surface area contributed by atoms with Gasteiger partial charge in [0.25, 0.3) is 0 Å². The van der Waals surface area contributed by atoms with E-state index >= 15 is 0 Å². The van der Waals surface area contributed by atoms with Crippen LogP contribution in [0.4, 0.5) is 5.69 Å². The molecule has 0 aromatic heterocycles. The topological polar surface area (TPSA) is 42.0 Å². The smallest absolute Gasteiger partial charge is 0.238 e. The number of nitrogens with zero attached hydrogens (tertiary/aromatic N) is 2. The van der Waals surface area contributed by atoms with Crippen molar-refractivity contribution in [3.63, 3.8) is 0 Å². The van der Waals surface area contributed by atoms with E-state index in [4.69, 9.17) is 21.1 Å². The second-order valence-electron chi connectivity index (χ2n) is 7.65. The number of hydrogen-bond acceptors (Lipinski definition) is 4. The number of fused-ring (bicyclic) bond motifs is 1. The maximum absolute atomic E-state index is 12.8. The molecule has 0 bridgehead atoms. The Morgan fingerprint density at radius 1 is 1.17 bits per heavy atom. The fourth-order valence-electron chi connectivity index (χ4n) is 4.46. The van der Waals surface area contributed by atoms with Gasteiger partial charge in [0.15, 0.2) is 0 Å². The zero-order chi connectivity index (χ0) is 20.4. The van der Waals surface area contributed by atoms with E-state index < -0.39 is 0 Å². The Morgan fingerprint density at radius 3 is 2.55 bits per heavy atom. The number of methoxy groups -OCH3 is 1. The molecule has 0 unspecified atom stereocenters. The second-order valence-corrected chi connectivity index (χ2v) is 7.91. The summed E-state index contributed by atoms with van der Waals surface area (Å²) in [7, 11) is 1.68. The third-order valence-electron chi connectivity index (χ3n) is 5.90. The van der Waals surface area contributed by atoms with E-state index in [0.717, 1.165) is 49.6 Å². The van der Waals surface area contributed by atoms with Gasteiger partial charge >= 0.3 is 0 Å². The molecule has 0 aliphatic carbocycles. The lowest BCUT2D eigenvalue weighted by atomic mass is 9.85. The van der Waals surface area contributed by atoms with Crippen molar-refractivity contribution in [1.29, 1.82) is 0 Å². The summed E-state index contributed by atoms with van der Waals surface area (Å²) in [5.74, 6) is 0.787. The lowest BCUT2D eigenvalue weighted by Gasteiger charge is -2.42. The summed E-state index contributed by atoms with van der Waals surface area (Å²) in [5.41, 5.74) is 4.64. The highest BCUT2D eigenvalue weighted by molar-refractivity contribution is 6.27.